The highest BCUT2D eigenvalue weighted by Crippen LogP contribution is 2.22. The molecule has 1 aliphatic carbocycles. The van der Waals surface area contributed by atoms with Gasteiger partial charge in [0.05, 0.1) is 0 Å². The molecule has 2 atom stereocenters. The van der Waals surface area contributed by atoms with E-state index in [9.17, 15) is 0 Å². The minimum atomic E-state index is 0.650. The fraction of sp³-hybridized carbons (Fsp3) is 1.00. The van der Waals surface area contributed by atoms with Gasteiger partial charge in [0, 0.05) is 18.6 Å². The van der Waals surface area contributed by atoms with Crippen molar-refractivity contribution in [1.82, 2.24) is 10.2 Å². The molecule has 2 heteroatoms. The van der Waals surface area contributed by atoms with E-state index in [1.165, 1.54) is 45.1 Å². The van der Waals surface area contributed by atoms with Gasteiger partial charge in [-0.25, -0.2) is 0 Å². The molecule has 0 heterocycles. The number of likely N-dealkylation sites (N-methyl/N-ethyl adjacent to an activating group) is 2. The summed E-state index contributed by atoms with van der Waals surface area (Å²) in [5.74, 6) is 0.774. The van der Waals surface area contributed by atoms with Crippen molar-refractivity contribution >= 4 is 0 Å². The SMILES string of the molecule is CCC(C)C(CN(C)C1CCCCC1)NC. The fourth-order valence-corrected chi connectivity index (χ4v) is 2.82. The van der Waals surface area contributed by atoms with E-state index in [1.54, 1.807) is 0 Å². The van der Waals surface area contributed by atoms with E-state index in [2.05, 4.69) is 38.2 Å². The minimum Gasteiger partial charge on any atom is -0.315 e. The molecule has 1 fully saturated rings. The summed E-state index contributed by atoms with van der Waals surface area (Å²) in [6.45, 7) is 5.85. The van der Waals surface area contributed by atoms with Crippen LogP contribution >= 0.6 is 0 Å². The molecule has 1 rings (SSSR count). The van der Waals surface area contributed by atoms with Crippen LogP contribution in [0.1, 0.15) is 52.4 Å². The summed E-state index contributed by atoms with van der Waals surface area (Å²) < 4.78 is 0. The van der Waals surface area contributed by atoms with Gasteiger partial charge in [-0.1, -0.05) is 39.5 Å². The van der Waals surface area contributed by atoms with Crippen LogP contribution in [0.2, 0.25) is 0 Å². The molecule has 1 aliphatic rings. The first-order valence-electron chi connectivity index (χ1n) is 7.06. The van der Waals surface area contributed by atoms with Crippen LogP contribution in [0.5, 0.6) is 0 Å². The first-order valence-corrected chi connectivity index (χ1v) is 7.06. The zero-order valence-corrected chi connectivity index (χ0v) is 11.6. The third kappa shape index (κ3) is 4.06. The third-order valence-corrected chi connectivity index (χ3v) is 4.38. The minimum absolute atomic E-state index is 0.650. The van der Waals surface area contributed by atoms with Crippen molar-refractivity contribution in [2.24, 2.45) is 5.92 Å². The van der Waals surface area contributed by atoms with Crippen LogP contribution < -0.4 is 5.32 Å². The maximum absolute atomic E-state index is 3.48. The molecule has 0 aromatic heterocycles. The van der Waals surface area contributed by atoms with Crippen molar-refractivity contribution in [3.63, 3.8) is 0 Å². The molecule has 0 spiro atoms. The highest BCUT2D eigenvalue weighted by Gasteiger charge is 2.22. The molecule has 96 valence electrons. The molecule has 0 aromatic rings. The Morgan fingerprint density at radius 2 is 1.88 bits per heavy atom. The lowest BCUT2D eigenvalue weighted by molar-refractivity contribution is 0.161. The highest BCUT2D eigenvalue weighted by atomic mass is 15.2. The molecule has 1 N–H and O–H groups in total. The van der Waals surface area contributed by atoms with Gasteiger partial charge in [-0.15, -0.1) is 0 Å². The number of rotatable bonds is 6. The van der Waals surface area contributed by atoms with E-state index in [1.807, 2.05) is 0 Å². The molecule has 1 saturated carbocycles. The van der Waals surface area contributed by atoms with Gasteiger partial charge in [-0.3, -0.25) is 0 Å². The van der Waals surface area contributed by atoms with Crippen LogP contribution in [0.25, 0.3) is 0 Å². The van der Waals surface area contributed by atoms with Crippen molar-refractivity contribution in [3.8, 4) is 0 Å². The van der Waals surface area contributed by atoms with E-state index in [0.29, 0.717) is 6.04 Å². The molecule has 0 aromatic carbocycles. The summed E-state index contributed by atoms with van der Waals surface area (Å²) in [6.07, 6.45) is 8.40. The second kappa shape index (κ2) is 7.29. The van der Waals surface area contributed by atoms with Gasteiger partial charge in [0.25, 0.3) is 0 Å². The summed E-state index contributed by atoms with van der Waals surface area (Å²) in [4.78, 5) is 2.59. The van der Waals surface area contributed by atoms with Gasteiger partial charge in [0.2, 0.25) is 0 Å². The molecular formula is C14H30N2. The van der Waals surface area contributed by atoms with E-state index in [4.69, 9.17) is 0 Å². The van der Waals surface area contributed by atoms with Gasteiger partial charge in [-0.2, -0.15) is 0 Å². The Bertz CT molecular complexity index is 176. The smallest absolute Gasteiger partial charge is 0.0217 e. The first kappa shape index (κ1) is 14.0. The van der Waals surface area contributed by atoms with Crippen molar-refractivity contribution < 1.29 is 0 Å². The Balaban J connectivity index is 2.37. The predicted octanol–water partition coefficient (Wildman–Crippen LogP) is 2.89. The molecule has 16 heavy (non-hydrogen) atoms. The topological polar surface area (TPSA) is 15.3 Å². The van der Waals surface area contributed by atoms with Crippen LogP contribution in [-0.2, 0) is 0 Å². The summed E-state index contributed by atoms with van der Waals surface area (Å²) in [7, 11) is 4.41. The molecule has 0 bridgehead atoms. The first-order chi connectivity index (χ1) is 7.69. The fourth-order valence-electron chi connectivity index (χ4n) is 2.82. The van der Waals surface area contributed by atoms with Crippen LogP contribution in [0, 0.1) is 5.92 Å². The number of nitrogens with zero attached hydrogens (tertiary/aromatic N) is 1. The summed E-state index contributed by atoms with van der Waals surface area (Å²) in [5.41, 5.74) is 0. The monoisotopic (exact) mass is 226 g/mol. The van der Waals surface area contributed by atoms with E-state index >= 15 is 0 Å². The standard InChI is InChI=1S/C14H30N2/c1-5-12(2)14(15-3)11-16(4)13-9-7-6-8-10-13/h12-15H,5-11H2,1-4H3. The maximum atomic E-state index is 3.48. The normalized spacial score (nSPS) is 22.3. The zero-order chi connectivity index (χ0) is 12.0. The Labute approximate surface area is 102 Å². The second-order valence-electron chi connectivity index (χ2n) is 5.51. The van der Waals surface area contributed by atoms with Gasteiger partial charge >= 0.3 is 0 Å². The summed E-state index contributed by atoms with van der Waals surface area (Å²) >= 11 is 0. The summed E-state index contributed by atoms with van der Waals surface area (Å²) in [6, 6.07) is 1.49. The Morgan fingerprint density at radius 1 is 1.25 bits per heavy atom. The lowest BCUT2D eigenvalue weighted by atomic mass is 9.93. The van der Waals surface area contributed by atoms with Gasteiger partial charge in [0.1, 0.15) is 0 Å². The third-order valence-electron chi connectivity index (χ3n) is 4.38. The average Bonchev–Trinajstić information content (AvgIpc) is 2.35. The Hall–Kier alpha value is -0.0800. The number of hydrogen-bond acceptors (Lipinski definition) is 2. The molecule has 2 unspecified atom stereocenters. The molecule has 0 amide bonds. The van der Waals surface area contributed by atoms with E-state index < -0.39 is 0 Å². The molecular weight excluding hydrogens is 196 g/mol. The molecule has 2 nitrogen and oxygen atoms in total. The maximum Gasteiger partial charge on any atom is 0.0217 e. The number of nitrogens with one attached hydrogen (secondary N) is 1. The largest absolute Gasteiger partial charge is 0.315 e. The van der Waals surface area contributed by atoms with Crippen LogP contribution in [0.15, 0.2) is 0 Å². The van der Waals surface area contributed by atoms with Gasteiger partial charge < -0.3 is 10.2 Å². The number of hydrogen-bond donors (Lipinski definition) is 1. The molecule has 0 aliphatic heterocycles. The zero-order valence-electron chi connectivity index (χ0n) is 11.6. The van der Waals surface area contributed by atoms with Crippen LogP contribution in [0.4, 0.5) is 0 Å². The Kier molecular flexibility index (Phi) is 6.37. The van der Waals surface area contributed by atoms with Crippen molar-refractivity contribution in [2.45, 2.75) is 64.5 Å². The van der Waals surface area contributed by atoms with Crippen LogP contribution in [0.3, 0.4) is 0 Å². The van der Waals surface area contributed by atoms with E-state index in [-0.39, 0.29) is 0 Å². The van der Waals surface area contributed by atoms with Crippen molar-refractivity contribution in [3.05, 3.63) is 0 Å². The van der Waals surface area contributed by atoms with Crippen molar-refractivity contribution in [2.75, 3.05) is 20.6 Å². The predicted molar refractivity (Wildman–Crippen MR) is 71.8 cm³/mol. The summed E-state index contributed by atoms with van der Waals surface area (Å²) in [5, 5.41) is 3.48. The quantitative estimate of drug-likeness (QED) is 0.749. The molecule has 0 saturated heterocycles. The lowest BCUT2D eigenvalue weighted by Gasteiger charge is -2.35. The molecule has 0 radical (unpaired) electrons. The van der Waals surface area contributed by atoms with Gasteiger partial charge in [0.15, 0.2) is 0 Å². The van der Waals surface area contributed by atoms with E-state index in [0.717, 1.165) is 12.0 Å². The Morgan fingerprint density at radius 3 is 2.38 bits per heavy atom. The lowest BCUT2D eigenvalue weighted by Crippen LogP contribution is -2.45. The second-order valence-corrected chi connectivity index (χ2v) is 5.51. The van der Waals surface area contributed by atoms with Crippen LogP contribution in [-0.4, -0.2) is 37.6 Å². The van der Waals surface area contributed by atoms with Gasteiger partial charge in [-0.05, 0) is 32.9 Å². The van der Waals surface area contributed by atoms with Crippen molar-refractivity contribution in [1.29, 1.82) is 0 Å². The average molecular weight is 226 g/mol. The highest BCUT2D eigenvalue weighted by molar-refractivity contribution is 4.79.